The Balaban J connectivity index is 0.936. The summed E-state index contributed by atoms with van der Waals surface area (Å²) in [6.45, 7) is -0.0183. The normalized spacial score (nSPS) is 12.9. The van der Waals surface area contributed by atoms with Gasteiger partial charge in [-0.2, -0.15) is 0 Å². The van der Waals surface area contributed by atoms with E-state index in [1.54, 1.807) is 0 Å². The summed E-state index contributed by atoms with van der Waals surface area (Å²) in [6, 6.07) is 89.5. The van der Waals surface area contributed by atoms with E-state index in [4.69, 9.17) is 0 Å². The number of nitrogens with zero attached hydrogens (tertiary/aromatic N) is 2. The molecule has 16 aromatic rings. The summed E-state index contributed by atoms with van der Waals surface area (Å²) < 4.78 is 0. The van der Waals surface area contributed by atoms with Crippen molar-refractivity contribution in [1.82, 2.24) is 0 Å². The molecule has 2 heterocycles. The summed E-state index contributed by atoms with van der Waals surface area (Å²) in [7, 11) is 8.92. The second kappa shape index (κ2) is 16.0. The van der Waals surface area contributed by atoms with Crippen LogP contribution in [0.3, 0.4) is 0 Å². The van der Waals surface area contributed by atoms with Crippen molar-refractivity contribution in [3.05, 3.63) is 231 Å². The zero-order valence-corrected chi connectivity index (χ0v) is 45.0. The van der Waals surface area contributed by atoms with Gasteiger partial charge in [0.1, 0.15) is 0 Å². The van der Waals surface area contributed by atoms with E-state index in [2.05, 4.69) is 269 Å². The Hall–Kier alpha value is -9.63. The molecule has 0 bridgehead atoms. The Labute approximate surface area is 464 Å². The van der Waals surface area contributed by atoms with Crippen molar-refractivity contribution < 1.29 is 0 Å². The van der Waals surface area contributed by atoms with Gasteiger partial charge in [-0.05, 0) is 215 Å². The lowest BCUT2D eigenvalue weighted by Gasteiger charge is -2.27. The minimum atomic E-state index is -0.00916. The van der Waals surface area contributed by atoms with Crippen LogP contribution in [0, 0.1) is 0 Å². The van der Waals surface area contributed by atoms with Crippen LogP contribution in [0.25, 0.3) is 141 Å². The van der Waals surface area contributed by atoms with Crippen molar-refractivity contribution in [3.63, 3.8) is 0 Å². The molecule has 0 aliphatic carbocycles. The fourth-order valence-corrected chi connectivity index (χ4v) is 15.2. The first-order valence-electron chi connectivity index (χ1n) is 28.2. The van der Waals surface area contributed by atoms with Gasteiger partial charge in [-0.1, -0.05) is 178 Å². The van der Waals surface area contributed by atoms with Gasteiger partial charge >= 0.3 is 0 Å². The van der Waals surface area contributed by atoms with Gasteiger partial charge in [-0.25, -0.2) is 0 Å². The van der Waals surface area contributed by atoms with Crippen LogP contribution in [0.5, 0.6) is 0 Å². The molecule has 0 fully saturated rings. The molecule has 0 aromatic heterocycles. The van der Waals surface area contributed by atoms with E-state index in [9.17, 15) is 0 Å². The zero-order valence-electron chi connectivity index (χ0n) is 45.0. The zero-order chi connectivity index (χ0) is 52.8. The smallest absolute Gasteiger partial charge is 0.243 e. The molecule has 0 saturated heterocycles. The second-order valence-electron chi connectivity index (χ2n) is 23.6. The lowest BCUT2D eigenvalue weighted by atomic mass is 9.37. The molecule has 370 valence electrons. The quantitative estimate of drug-likeness (QED) is 0.0985. The fourth-order valence-electron chi connectivity index (χ4n) is 15.2. The highest BCUT2D eigenvalue weighted by molar-refractivity contribution is 7.01. The SMILES string of the molecule is CN(C)c1cc(B2c3cc4cc5ccccc5cc4cc3-c3cc4cc5ccccc5cc4cc32)c2ccc3c(N(C)C)cc(B4c5cc6cc7ccccc7cc6cc5-c5cc6cc7ccccc7cc6cc54)c4ccc1c2c43. The van der Waals surface area contributed by atoms with Crippen LogP contribution in [0.2, 0.25) is 0 Å². The van der Waals surface area contributed by atoms with Crippen molar-refractivity contribution in [1.29, 1.82) is 0 Å². The minimum Gasteiger partial charge on any atom is -0.377 e. The largest absolute Gasteiger partial charge is 0.377 e. The van der Waals surface area contributed by atoms with Gasteiger partial charge in [0.05, 0.1) is 0 Å². The maximum absolute atomic E-state index is 2.54. The predicted molar refractivity (Wildman–Crippen MR) is 352 cm³/mol. The molecule has 0 amide bonds. The van der Waals surface area contributed by atoms with Gasteiger partial charge in [-0.3, -0.25) is 0 Å². The number of anilines is 2. The Morgan fingerprint density at radius 2 is 0.438 bits per heavy atom. The molecule has 2 aliphatic rings. The van der Waals surface area contributed by atoms with Crippen molar-refractivity contribution >= 4 is 176 Å². The fraction of sp³-hybridized carbons (Fsp3) is 0.0526. The third kappa shape index (κ3) is 6.16. The monoisotopic (exact) mass is 1010 g/mol. The van der Waals surface area contributed by atoms with E-state index in [1.807, 2.05) is 0 Å². The molecular formula is C76H50B2N2. The van der Waals surface area contributed by atoms with Gasteiger partial charge in [0.2, 0.25) is 13.4 Å². The second-order valence-corrected chi connectivity index (χ2v) is 23.6. The van der Waals surface area contributed by atoms with Crippen molar-refractivity contribution in [2.24, 2.45) is 0 Å². The first kappa shape index (κ1) is 44.4. The maximum atomic E-state index is 2.54. The molecule has 2 aliphatic heterocycles. The molecule has 0 atom stereocenters. The van der Waals surface area contributed by atoms with Gasteiger partial charge < -0.3 is 9.80 Å². The predicted octanol–water partition coefficient (Wildman–Crippen LogP) is 14.9. The number of hydrogen-bond acceptors (Lipinski definition) is 2. The third-order valence-electron chi connectivity index (χ3n) is 18.8. The molecule has 0 saturated carbocycles. The third-order valence-corrected chi connectivity index (χ3v) is 18.8. The van der Waals surface area contributed by atoms with Gasteiger partial charge in [-0.15, -0.1) is 0 Å². The molecule has 0 radical (unpaired) electrons. The van der Waals surface area contributed by atoms with Crippen molar-refractivity contribution in [3.8, 4) is 22.3 Å². The lowest BCUT2D eigenvalue weighted by Crippen LogP contribution is -2.50. The van der Waals surface area contributed by atoms with E-state index in [0.29, 0.717) is 0 Å². The van der Waals surface area contributed by atoms with Crippen LogP contribution in [-0.2, 0) is 0 Å². The van der Waals surface area contributed by atoms with E-state index >= 15 is 0 Å². The van der Waals surface area contributed by atoms with E-state index in [0.717, 1.165) is 0 Å². The van der Waals surface area contributed by atoms with Crippen molar-refractivity contribution in [2.75, 3.05) is 38.0 Å². The number of fused-ring (bicyclic) bond motifs is 14. The lowest BCUT2D eigenvalue weighted by molar-refractivity contribution is 1.14. The highest BCUT2D eigenvalue weighted by Gasteiger charge is 2.39. The Bertz CT molecular complexity index is 4870. The summed E-state index contributed by atoms with van der Waals surface area (Å²) in [5, 5.41) is 28.3. The van der Waals surface area contributed by atoms with Crippen molar-refractivity contribution in [2.45, 2.75) is 0 Å². The highest BCUT2D eigenvalue weighted by atomic mass is 15.1. The molecule has 0 unspecified atom stereocenters. The summed E-state index contributed by atoms with van der Waals surface area (Å²) in [4.78, 5) is 4.71. The van der Waals surface area contributed by atoms with Crippen LogP contribution in [0.1, 0.15) is 0 Å². The first-order chi connectivity index (χ1) is 39.2. The van der Waals surface area contributed by atoms with Gasteiger partial charge in [0.15, 0.2) is 0 Å². The molecular weight excluding hydrogens is 962 g/mol. The Morgan fingerprint density at radius 3 is 0.675 bits per heavy atom. The molecule has 16 aromatic carbocycles. The molecule has 4 heteroatoms. The van der Waals surface area contributed by atoms with Crippen LogP contribution in [-0.4, -0.2) is 41.6 Å². The average molecular weight is 1010 g/mol. The topological polar surface area (TPSA) is 6.48 Å². The summed E-state index contributed by atoms with van der Waals surface area (Å²) in [5.74, 6) is 0. The molecule has 80 heavy (non-hydrogen) atoms. The molecule has 18 rings (SSSR count). The standard InChI is InChI=1S/C76H50B2N2/c1-79(2)73-41-71(77-67-37-55-29-47-17-9-5-13-43(47)25-51(55)33-63(67)64-34-52-26-44-14-6-10-18-48(44)30-56(52)38-68(64)77)59-22-24-62-74(80(3)4)42-72(60-21-23-61(73)75(59)76(60)62)78-69-39-57-31-49-19-11-7-15-45(49)27-53(57)35-65(69)66-36-54-28-46-16-8-12-20-50(46)32-58(54)40-70(66)78/h5-42H,1-4H3. The Kier molecular flexibility index (Phi) is 8.87. The Morgan fingerprint density at radius 1 is 0.212 bits per heavy atom. The highest BCUT2D eigenvalue weighted by Crippen LogP contribution is 2.43. The van der Waals surface area contributed by atoms with Gasteiger partial charge in [0.25, 0.3) is 0 Å². The van der Waals surface area contributed by atoms with Crippen LogP contribution in [0.15, 0.2) is 231 Å². The van der Waals surface area contributed by atoms with Gasteiger partial charge in [0, 0.05) is 50.3 Å². The van der Waals surface area contributed by atoms with Crippen LogP contribution >= 0.6 is 0 Å². The molecule has 2 nitrogen and oxygen atoms in total. The first-order valence-corrected chi connectivity index (χ1v) is 28.2. The minimum absolute atomic E-state index is 0.00916. The summed E-state index contributed by atoms with van der Waals surface area (Å²) in [5.41, 5.74) is 16.0. The molecule has 0 N–H and O–H groups in total. The number of hydrogen-bond donors (Lipinski definition) is 0. The van der Waals surface area contributed by atoms with E-state index < -0.39 is 0 Å². The van der Waals surface area contributed by atoms with Crippen LogP contribution in [0.4, 0.5) is 11.4 Å². The van der Waals surface area contributed by atoms with E-state index in [1.165, 1.54) is 185 Å². The average Bonchev–Trinajstić information content (AvgIpc) is 4.11. The molecule has 0 spiro atoms. The maximum Gasteiger partial charge on any atom is 0.243 e. The summed E-state index contributed by atoms with van der Waals surface area (Å²) in [6.07, 6.45) is 0. The van der Waals surface area contributed by atoms with E-state index in [-0.39, 0.29) is 13.4 Å². The number of rotatable bonds is 4. The summed E-state index contributed by atoms with van der Waals surface area (Å²) >= 11 is 0. The number of benzene rings is 16. The van der Waals surface area contributed by atoms with Crippen LogP contribution < -0.4 is 42.6 Å².